The normalized spacial score (nSPS) is 11.6. The van der Waals surface area contributed by atoms with Crippen LogP contribution in [0.5, 0.6) is 5.75 Å². The summed E-state index contributed by atoms with van der Waals surface area (Å²) >= 11 is 5.93. The smallest absolute Gasteiger partial charge is 0.330 e. The van der Waals surface area contributed by atoms with Gasteiger partial charge >= 0.3 is 5.69 Å². The average molecular weight is 410 g/mol. The van der Waals surface area contributed by atoms with Crippen LogP contribution in [0.3, 0.4) is 0 Å². The Balaban J connectivity index is 2.16. The molecular weight excluding hydrogens is 394 g/mol. The van der Waals surface area contributed by atoms with Gasteiger partial charge < -0.3 is 4.74 Å². The quantitative estimate of drug-likeness (QED) is 0.707. The molecule has 0 spiro atoms. The highest BCUT2D eigenvalue weighted by Crippen LogP contribution is 2.30. The number of fused-ring (bicyclic) bond motifs is 1. The Morgan fingerprint density at radius 1 is 1.04 bits per heavy atom. The van der Waals surface area contributed by atoms with Crippen LogP contribution >= 0.6 is 11.6 Å². The summed E-state index contributed by atoms with van der Waals surface area (Å²) in [5.41, 5.74) is -0.573. The van der Waals surface area contributed by atoms with Crippen LogP contribution in [0.4, 0.5) is 5.69 Å². The lowest BCUT2D eigenvalue weighted by Crippen LogP contribution is -2.37. The summed E-state index contributed by atoms with van der Waals surface area (Å²) in [5.74, 6) is 0.294. The predicted molar refractivity (Wildman–Crippen MR) is 103 cm³/mol. The molecule has 0 saturated carbocycles. The van der Waals surface area contributed by atoms with E-state index in [0.717, 1.165) is 4.57 Å². The number of nitrogens with one attached hydrogen (secondary N) is 1. The van der Waals surface area contributed by atoms with Gasteiger partial charge in [0.2, 0.25) is 0 Å². The van der Waals surface area contributed by atoms with E-state index in [1.54, 1.807) is 6.07 Å². The summed E-state index contributed by atoms with van der Waals surface area (Å²) in [6.45, 7) is 0. The molecule has 2 aromatic carbocycles. The van der Waals surface area contributed by atoms with Crippen LogP contribution in [-0.4, -0.2) is 24.7 Å². The third-order valence-electron chi connectivity index (χ3n) is 4.15. The van der Waals surface area contributed by atoms with Crippen LogP contribution in [0, 0.1) is 0 Å². The fraction of sp³-hybridized carbons (Fsp3) is 0.176. The van der Waals surface area contributed by atoms with Gasteiger partial charge in [-0.1, -0.05) is 11.6 Å². The zero-order valence-electron chi connectivity index (χ0n) is 14.7. The standard InChI is InChI=1S/C17H16ClN3O5S/c1-20-14-6-5-11(9-12(14)16(22)21(2)17(20)23)27(24,25)19-13-8-10(18)4-7-15(13)26-3/h4-9,19H,1-3H3. The fourth-order valence-corrected chi connectivity index (χ4v) is 3.96. The Hall–Kier alpha value is -2.78. The number of rotatable bonds is 4. The van der Waals surface area contributed by atoms with Gasteiger partial charge in [0.1, 0.15) is 5.75 Å². The molecule has 1 N–H and O–H groups in total. The average Bonchev–Trinajstić information content (AvgIpc) is 2.64. The Morgan fingerprint density at radius 3 is 2.41 bits per heavy atom. The molecule has 0 radical (unpaired) electrons. The SMILES string of the molecule is COc1ccc(Cl)cc1NS(=O)(=O)c1ccc2c(c1)c(=O)n(C)c(=O)n2C. The third kappa shape index (κ3) is 3.31. The topological polar surface area (TPSA) is 99.4 Å². The third-order valence-corrected chi connectivity index (χ3v) is 5.75. The molecule has 0 amide bonds. The minimum atomic E-state index is -4.03. The molecule has 8 nitrogen and oxygen atoms in total. The number of hydrogen-bond acceptors (Lipinski definition) is 5. The Morgan fingerprint density at radius 2 is 1.74 bits per heavy atom. The molecule has 142 valence electrons. The van der Waals surface area contributed by atoms with Crippen molar-refractivity contribution in [2.75, 3.05) is 11.8 Å². The molecule has 0 fully saturated rings. The monoisotopic (exact) mass is 409 g/mol. The summed E-state index contributed by atoms with van der Waals surface area (Å²) in [7, 11) is 0.214. The lowest BCUT2D eigenvalue weighted by molar-refractivity contribution is 0.417. The summed E-state index contributed by atoms with van der Waals surface area (Å²) < 4.78 is 35.3. The van der Waals surface area contributed by atoms with Gasteiger partial charge in [-0.15, -0.1) is 0 Å². The van der Waals surface area contributed by atoms with E-state index in [4.69, 9.17) is 16.3 Å². The lowest BCUT2D eigenvalue weighted by Gasteiger charge is -2.13. The number of benzene rings is 2. The zero-order chi connectivity index (χ0) is 19.9. The van der Waals surface area contributed by atoms with Gasteiger partial charge in [-0.3, -0.25) is 18.7 Å². The maximum Gasteiger partial charge on any atom is 0.330 e. The van der Waals surface area contributed by atoms with E-state index in [2.05, 4.69) is 4.72 Å². The first-order valence-electron chi connectivity index (χ1n) is 7.72. The van der Waals surface area contributed by atoms with Gasteiger partial charge in [0, 0.05) is 19.1 Å². The number of ether oxygens (including phenoxy) is 1. The van der Waals surface area contributed by atoms with Crippen molar-refractivity contribution in [3.8, 4) is 5.75 Å². The first-order chi connectivity index (χ1) is 12.7. The summed E-state index contributed by atoms with van der Waals surface area (Å²) in [4.78, 5) is 24.2. The van der Waals surface area contributed by atoms with Gasteiger partial charge in [-0.2, -0.15) is 0 Å². The maximum absolute atomic E-state index is 12.8. The van der Waals surface area contributed by atoms with Crippen LogP contribution in [0.1, 0.15) is 0 Å². The number of anilines is 1. The van der Waals surface area contributed by atoms with Crippen molar-refractivity contribution < 1.29 is 13.2 Å². The maximum atomic E-state index is 12.8. The molecule has 0 atom stereocenters. The highest BCUT2D eigenvalue weighted by Gasteiger charge is 2.19. The lowest BCUT2D eigenvalue weighted by atomic mass is 10.2. The largest absolute Gasteiger partial charge is 0.495 e. The number of hydrogen-bond donors (Lipinski definition) is 1. The molecule has 3 rings (SSSR count). The molecule has 1 heterocycles. The zero-order valence-corrected chi connectivity index (χ0v) is 16.3. The summed E-state index contributed by atoms with van der Waals surface area (Å²) in [6, 6.07) is 8.49. The first kappa shape index (κ1) is 19.0. The fourth-order valence-electron chi connectivity index (χ4n) is 2.71. The van der Waals surface area contributed by atoms with Crippen LogP contribution in [0.15, 0.2) is 50.9 Å². The predicted octanol–water partition coefficient (Wildman–Crippen LogP) is 1.70. The van der Waals surface area contributed by atoms with Crippen molar-refractivity contribution >= 4 is 38.2 Å². The number of nitrogens with zero attached hydrogens (tertiary/aromatic N) is 2. The number of methoxy groups -OCH3 is 1. The van der Waals surface area contributed by atoms with Crippen LogP contribution in [0.2, 0.25) is 5.02 Å². The van der Waals surface area contributed by atoms with Gasteiger partial charge in [-0.25, -0.2) is 13.2 Å². The molecule has 3 aromatic rings. The Labute approximate surface area is 159 Å². The van der Waals surface area contributed by atoms with Crippen LogP contribution in [0.25, 0.3) is 10.9 Å². The molecule has 0 bridgehead atoms. The highest BCUT2D eigenvalue weighted by atomic mass is 35.5. The van der Waals surface area contributed by atoms with Crippen molar-refractivity contribution in [2.45, 2.75) is 4.90 Å². The summed E-state index contributed by atoms with van der Waals surface area (Å²) in [5, 5.41) is 0.441. The van der Waals surface area contributed by atoms with Crippen LogP contribution in [-0.2, 0) is 24.1 Å². The number of aryl methyl sites for hydroxylation is 1. The Kier molecular flexibility index (Phi) is 4.75. The molecule has 0 aliphatic carbocycles. The van der Waals surface area contributed by atoms with E-state index in [1.165, 1.54) is 56.1 Å². The second kappa shape index (κ2) is 6.75. The van der Waals surface area contributed by atoms with Gasteiger partial charge in [0.15, 0.2) is 0 Å². The van der Waals surface area contributed by atoms with E-state index in [0.29, 0.717) is 16.3 Å². The number of halogens is 1. The molecule has 0 unspecified atom stereocenters. The van der Waals surface area contributed by atoms with Crippen molar-refractivity contribution in [1.29, 1.82) is 0 Å². The Bertz CT molecular complexity index is 1280. The van der Waals surface area contributed by atoms with Crippen LogP contribution < -0.4 is 20.7 Å². The van der Waals surface area contributed by atoms with Crippen molar-refractivity contribution in [2.24, 2.45) is 14.1 Å². The molecule has 1 aromatic heterocycles. The minimum absolute atomic E-state index is 0.112. The summed E-state index contributed by atoms with van der Waals surface area (Å²) in [6.07, 6.45) is 0. The molecule has 10 heteroatoms. The molecule has 0 aliphatic heterocycles. The molecule has 27 heavy (non-hydrogen) atoms. The van der Waals surface area contributed by atoms with E-state index in [9.17, 15) is 18.0 Å². The van der Waals surface area contributed by atoms with Gasteiger partial charge in [0.05, 0.1) is 28.6 Å². The van der Waals surface area contributed by atoms with E-state index in [1.807, 2.05) is 0 Å². The van der Waals surface area contributed by atoms with E-state index in [-0.39, 0.29) is 16.0 Å². The van der Waals surface area contributed by atoms with Gasteiger partial charge in [0.25, 0.3) is 15.6 Å². The molecular formula is C17H16ClN3O5S. The highest BCUT2D eigenvalue weighted by molar-refractivity contribution is 7.92. The van der Waals surface area contributed by atoms with Gasteiger partial charge in [-0.05, 0) is 36.4 Å². The van der Waals surface area contributed by atoms with Crippen molar-refractivity contribution in [1.82, 2.24) is 9.13 Å². The second-order valence-corrected chi connectivity index (χ2v) is 7.95. The van der Waals surface area contributed by atoms with E-state index < -0.39 is 21.3 Å². The molecule has 0 saturated heterocycles. The van der Waals surface area contributed by atoms with Crippen molar-refractivity contribution in [3.05, 3.63) is 62.3 Å². The van der Waals surface area contributed by atoms with Crippen molar-refractivity contribution in [3.63, 3.8) is 0 Å². The molecule has 0 aliphatic rings. The minimum Gasteiger partial charge on any atom is -0.495 e. The second-order valence-electron chi connectivity index (χ2n) is 5.83. The first-order valence-corrected chi connectivity index (χ1v) is 9.58. The van der Waals surface area contributed by atoms with E-state index >= 15 is 0 Å². The number of aromatic nitrogens is 2. The number of sulfonamides is 1.